The third kappa shape index (κ3) is 4.98. The average molecular weight is 465 g/mol. The number of anilines is 1. The lowest BCUT2D eigenvalue weighted by atomic mass is 10.2. The molecule has 4 rings (SSSR count). The van der Waals surface area contributed by atoms with Crippen LogP contribution >= 0.6 is 11.3 Å². The Kier molecular flexibility index (Phi) is 6.60. The van der Waals surface area contributed by atoms with Gasteiger partial charge in [-0.3, -0.25) is 4.79 Å². The van der Waals surface area contributed by atoms with Crippen LogP contribution in [0.5, 0.6) is 17.2 Å². The molecule has 0 fully saturated rings. The van der Waals surface area contributed by atoms with Crippen molar-refractivity contribution in [2.45, 2.75) is 13.8 Å². The van der Waals surface area contributed by atoms with Crippen LogP contribution in [0.15, 0.2) is 48.5 Å². The zero-order valence-electron chi connectivity index (χ0n) is 18.8. The molecule has 0 saturated carbocycles. The Bertz CT molecular complexity index is 1330. The number of methoxy groups -OCH3 is 2. The molecule has 8 nitrogen and oxygen atoms in total. The average Bonchev–Trinajstić information content (AvgIpc) is 3.40. The number of nitrogens with one attached hydrogen (secondary N) is 1. The van der Waals surface area contributed by atoms with Gasteiger partial charge in [-0.15, -0.1) is 0 Å². The van der Waals surface area contributed by atoms with Gasteiger partial charge in [0.25, 0.3) is 0 Å². The molecule has 1 amide bonds. The summed E-state index contributed by atoms with van der Waals surface area (Å²) in [5.74, 6) is 2.29. The summed E-state index contributed by atoms with van der Waals surface area (Å²) in [4.78, 5) is 17.3. The maximum atomic E-state index is 12.6. The van der Waals surface area contributed by atoms with E-state index in [9.17, 15) is 4.79 Å². The van der Waals surface area contributed by atoms with Gasteiger partial charge < -0.3 is 19.5 Å². The molecule has 0 radical (unpaired) electrons. The second kappa shape index (κ2) is 9.74. The fraction of sp³-hybridized carbons (Fsp3) is 0.208. The Morgan fingerprint density at radius 3 is 2.73 bits per heavy atom. The molecule has 2 aromatic heterocycles. The normalized spacial score (nSPS) is 11.2. The predicted octanol–water partition coefficient (Wildman–Crippen LogP) is 4.86. The van der Waals surface area contributed by atoms with Gasteiger partial charge in [-0.25, -0.2) is 4.98 Å². The monoisotopic (exact) mass is 464 g/mol. The molecular formula is C24H24N4O4S. The summed E-state index contributed by atoms with van der Waals surface area (Å²) in [5, 5.41) is 8.05. The van der Waals surface area contributed by atoms with E-state index in [2.05, 4.69) is 15.4 Å². The summed E-state index contributed by atoms with van der Waals surface area (Å²) in [6, 6.07) is 13.0. The molecule has 2 aromatic carbocycles. The van der Waals surface area contributed by atoms with Gasteiger partial charge in [0.2, 0.25) is 11.0 Å². The molecule has 0 saturated heterocycles. The lowest BCUT2D eigenvalue weighted by molar-refractivity contribution is -0.111. The van der Waals surface area contributed by atoms with Crippen LogP contribution in [0.4, 0.5) is 5.82 Å². The van der Waals surface area contributed by atoms with E-state index in [0.717, 1.165) is 27.2 Å². The first-order valence-electron chi connectivity index (χ1n) is 10.3. The molecule has 0 spiro atoms. The number of ether oxygens (including phenoxy) is 3. The largest absolute Gasteiger partial charge is 0.497 e. The van der Waals surface area contributed by atoms with Gasteiger partial charge in [0.1, 0.15) is 11.6 Å². The number of hydrogen-bond donors (Lipinski definition) is 1. The third-order valence-electron chi connectivity index (χ3n) is 4.76. The van der Waals surface area contributed by atoms with E-state index in [1.54, 1.807) is 31.0 Å². The summed E-state index contributed by atoms with van der Waals surface area (Å²) >= 11 is 1.47. The number of benzene rings is 2. The van der Waals surface area contributed by atoms with Crippen molar-refractivity contribution in [3.05, 3.63) is 59.8 Å². The zero-order chi connectivity index (χ0) is 23.4. The fourth-order valence-corrected chi connectivity index (χ4v) is 4.21. The first-order chi connectivity index (χ1) is 16.0. The molecule has 0 unspecified atom stereocenters. The smallest absolute Gasteiger partial charge is 0.249 e. The Morgan fingerprint density at radius 1 is 1.12 bits per heavy atom. The number of rotatable bonds is 8. The molecule has 2 heterocycles. The van der Waals surface area contributed by atoms with E-state index < -0.39 is 0 Å². The van der Waals surface area contributed by atoms with Crippen LogP contribution in [0.2, 0.25) is 0 Å². The quantitative estimate of drug-likeness (QED) is 0.375. The fourth-order valence-electron chi connectivity index (χ4n) is 3.25. The van der Waals surface area contributed by atoms with Gasteiger partial charge in [0, 0.05) is 12.1 Å². The molecule has 9 heteroatoms. The SMILES string of the molecule is CCOc1ccc(/C=C/C(=O)Nc2cc(C)nn2-c2nc3ccc(OC)cc3s2)cc1OC. The Hall–Kier alpha value is -3.85. The molecule has 33 heavy (non-hydrogen) atoms. The van der Waals surface area contributed by atoms with Crippen LogP contribution in [0.3, 0.4) is 0 Å². The van der Waals surface area contributed by atoms with E-state index >= 15 is 0 Å². The number of aromatic nitrogens is 3. The molecule has 170 valence electrons. The van der Waals surface area contributed by atoms with Crippen molar-refractivity contribution >= 4 is 39.4 Å². The van der Waals surface area contributed by atoms with Gasteiger partial charge in [0.05, 0.1) is 36.7 Å². The number of carbonyl (C=O) groups is 1. The number of thiazole rings is 1. The Morgan fingerprint density at radius 2 is 1.97 bits per heavy atom. The van der Waals surface area contributed by atoms with Gasteiger partial charge in [-0.05, 0) is 55.8 Å². The van der Waals surface area contributed by atoms with Crippen molar-refractivity contribution < 1.29 is 19.0 Å². The molecular weight excluding hydrogens is 440 g/mol. The Balaban J connectivity index is 1.54. The zero-order valence-corrected chi connectivity index (χ0v) is 19.6. The Labute approximate surface area is 195 Å². The lowest BCUT2D eigenvalue weighted by Crippen LogP contribution is -2.12. The van der Waals surface area contributed by atoms with Gasteiger partial charge in [-0.1, -0.05) is 17.4 Å². The summed E-state index contributed by atoms with van der Waals surface area (Å²) < 4.78 is 18.8. The molecule has 0 atom stereocenters. The van der Waals surface area contributed by atoms with Crippen LogP contribution < -0.4 is 19.5 Å². The van der Waals surface area contributed by atoms with Crippen LogP contribution in [0, 0.1) is 6.92 Å². The predicted molar refractivity (Wildman–Crippen MR) is 130 cm³/mol. The number of aryl methyl sites for hydroxylation is 1. The van der Waals surface area contributed by atoms with Crippen molar-refractivity contribution in [3.8, 4) is 22.4 Å². The number of nitrogens with zero attached hydrogens (tertiary/aromatic N) is 3. The molecule has 1 N–H and O–H groups in total. The van der Waals surface area contributed by atoms with E-state index in [4.69, 9.17) is 14.2 Å². The topological polar surface area (TPSA) is 87.5 Å². The first-order valence-corrected chi connectivity index (χ1v) is 11.1. The number of carbonyl (C=O) groups excluding carboxylic acids is 1. The van der Waals surface area contributed by atoms with Crippen LogP contribution in [0.25, 0.3) is 21.4 Å². The van der Waals surface area contributed by atoms with E-state index in [-0.39, 0.29) is 5.91 Å². The van der Waals surface area contributed by atoms with Crippen molar-refractivity contribution in [2.24, 2.45) is 0 Å². The number of hydrogen-bond acceptors (Lipinski definition) is 7. The molecule has 0 aliphatic heterocycles. The highest BCUT2D eigenvalue weighted by Gasteiger charge is 2.14. The first kappa shape index (κ1) is 22.3. The van der Waals surface area contributed by atoms with E-state index in [1.165, 1.54) is 17.4 Å². The highest BCUT2D eigenvalue weighted by atomic mass is 32.1. The summed E-state index contributed by atoms with van der Waals surface area (Å²) in [7, 11) is 3.21. The van der Waals surface area contributed by atoms with Gasteiger partial charge >= 0.3 is 0 Å². The van der Waals surface area contributed by atoms with Crippen LogP contribution in [-0.4, -0.2) is 41.5 Å². The van der Waals surface area contributed by atoms with Crippen molar-refractivity contribution in [1.29, 1.82) is 0 Å². The summed E-state index contributed by atoms with van der Waals surface area (Å²) in [5.41, 5.74) is 2.42. The summed E-state index contributed by atoms with van der Waals surface area (Å²) in [6.07, 6.45) is 3.18. The maximum Gasteiger partial charge on any atom is 0.249 e. The van der Waals surface area contributed by atoms with Gasteiger partial charge in [-0.2, -0.15) is 9.78 Å². The van der Waals surface area contributed by atoms with Crippen LogP contribution in [-0.2, 0) is 4.79 Å². The minimum atomic E-state index is -0.285. The van der Waals surface area contributed by atoms with Gasteiger partial charge in [0.15, 0.2) is 11.5 Å². The highest BCUT2D eigenvalue weighted by Crippen LogP contribution is 2.30. The number of fused-ring (bicyclic) bond motifs is 1. The third-order valence-corrected chi connectivity index (χ3v) is 5.76. The minimum Gasteiger partial charge on any atom is -0.497 e. The molecule has 0 bridgehead atoms. The minimum absolute atomic E-state index is 0.285. The van der Waals surface area contributed by atoms with Crippen molar-refractivity contribution in [1.82, 2.24) is 14.8 Å². The van der Waals surface area contributed by atoms with Crippen LogP contribution in [0.1, 0.15) is 18.2 Å². The standard InChI is InChI=1S/C24H24N4O4S/c1-5-32-19-10-6-16(13-20(19)31-4)7-11-23(29)26-22-12-15(2)27-28(22)24-25-18-9-8-17(30-3)14-21(18)33-24/h6-14H,5H2,1-4H3,(H,26,29)/b11-7+. The molecule has 0 aliphatic rings. The molecule has 0 aliphatic carbocycles. The molecule has 4 aromatic rings. The van der Waals surface area contributed by atoms with E-state index in [0.29, 0.717) is 29.1 Å². The number of amides is 1. The second-order valence-electron chi connectivity index (χ2n) is 7.08. The van der Waals surface area contributed by atoms with Crippen molar-refractivity contribution in [2.75, 3.05) is 26.1 Å². The van der Waals surface area contributed by atoms with E-state index in [1.807, 2.05) is 50.2 Å². The highest BCUT2D eigenvalue weighted by molar-refractivity contribution is 7.20. The lowest BCUT2D eigenvalue weighted by Gasteiger charge is -2.09. The van der Waals surface area contributed by atoms with Crippen molar-refractivity contribution in [3.63, 3.8) is 0 Å². The second-order valence-corrected chi connectivity index (χ2v) is 8.09. The summed E-state index contributed by atoms with van der Waals surface area (Å²) in [6.45, 7) is 4.32. The maximum absolute atomic E-state index is 12.6.